The van der Waals surface area contributed by atoms with Gasteiger partial charge in [-0.05, 0) is 25.5 Å². The van der Waals surface area contributed by atoms with E-state index in [1.54, 1.807) is 17.7 Å². The molecular weight excluding hydrogens is 256 g/mol. The van der Waals surface area contributed by atoms with Gasteiger partial charge >= 0.3 is 5.97 Å². The highest BCUT2D eigenvalue weighted by atomic mass is 16.4. The van der Waals surface area contributed by atoms with Crippen molar-refractivity contribution < 1.29 is 9.90 Å². The third-order valence-electron chi connectivity index (χ3n) is 2.99. The molecule has 0 amide bonds. The van der Waals surface area contributed by atoms with E-state index in [1.807, 2.05) is 13.2 Å². The minimum absolute atomic E-state index is 0.238. The topological polar surface area (TPSA) is 80.0 Å². The summed E-state index contributed by atoms with van der Waals surface area (Å²) in [6.07, 6.45) is 2.82. The van der Waals surface area contributed by atoms with Crippen LogP contribution in [-0.4, -0.2) is 25.8 Å². The van der Waals surface area contributed by atoms with Gasteiger partial charge in [0.25, 0.3) is 0 Å². The van der Waals surface area contributed by atoms with Crippen LogP contribution in [0, 0.1) is 6.92 Å². The summed E-state index contributed by atoms with van der Waals surface area (Å²) >= 11 is 0. The zero-order chi connectivity index (χ0) is 14.7. The maximum atomic E-state index is 11.0. The van der Waals surface area contributed by atoms with Gasteiger partial charge in [-0.15, -0.1) is 0 Å². The van der Waals surface area contributed by atoms with Crippen LogP contribution in [-0.2, 0) is 20.0 Å². The van der Waals surface area contributed by atoms with E-state index in [1.165, 1.54) is 6.07 Å². The Morgan fingerprint density at radius 2 is 2.20 bits per heavy atom. The van der Waals surface area contributed by atoms with Crippen molar-refractivity contribution >= 4 is 11.8 Å². The zero-order valence-electron chi connectivity index (χ0n) is 11.8. The van der Waals surface area contributed by atoms with Crippen LogP contribution in [0.25, 0.3) is 0 Å². The van der Waals surface area contributed by atoms with Crippen LogP contribution in [0.5, 0.6) is 0 Å². The Hall–Kier alpha value is -2.37. The van der Waals surface area contributed by atoms with E-state index in [9.17, 15) is 4.79 Å². The van der Waals surface area contributed by atoms with Crippen molar-refractivity contribution in [1.29, 1.82) is 0 Å². The first-order chi connectivity index (χ1) is 9.49. The second-order valence-corrected chi connectivity index (χ2v) is 4.67. The number of anilines is 1. The zero-order valence-corrected chi connectivity index (χ0v) is 11.8. The number of aromatic nitrogens is 3. The molecule has 0 aliphatic carbocycles. The molecule has 0 spiro atoms. The summed E-state index contributed by atoms with van der Waals surface area (Å²) in [5.74, 6) is -0.387. The number of pyridine rings is 1. The molecule has 2 N–H and O–H groups in total. The normalized spacial score (nSPS) is 10.6. The quantitative estimate of drug-likeness (QED) is 0.871. The van der Waals surface area contributed by atoms with Crippen molar-refractivity contribution in [1.82, 2.24) is 14.8 Å². The minimum Gasteiger partial charge on any atom is -0.478 e. The summed E-state index contributed by atoms with van der Waals surface area (Å²) in [5, 5.41) is 16.6. The lowest BCUT2D eigenvalue weighted by Gasteiger charge is -2.07. The van der Waals surface area contributed by atoms with Gasteiger partial charge in [0.2, 0.25) is 0 Å². The first kappa shape index (κ1) is 14.0. The van der Waals surface area contributed by atoms with Crippen molar-refractivity contribution in [3.05, 3.63) is 40.8 Å². The summed E-state index contributed by atoms with van der Waals surface area (Å²) in [6.45, 7) is 4.41. The fourth-order valence-electron chi connectivity index (χ4n) is 2.10. The third kappa shape index (κ3) is 3.14. The number of carboxylic acid groups (broad SMARTS) is 1. The molecule has 0 fully saturated rings. The summed E-state index contributed by atoms with van der Waals surface area (Å²) in [7, 11) is 1.89. The standard InChI is InChI=1S/C14H18N4O2/c1-4-12-11(8-18(3)17-12)7-15-13-6-10(14(19)20)5-9(2)16-13/h5-6,8H,4,7H2,1-3H3,(H,15,16)(H,19,20). The Morgan fingerprint density at radius 3 is 2.85 bits per heavy atom. The lowest BCUT2D eigenvalue weighted by molar-refractivity contribution is 0.0696. The van der Waals surface area contributed by atoms with Gasteiger partial charge in [0.05, 0.1) is 11.3 Å². The molecule has 0 aromatic carbocycles. The van der Waals surface area contributed by atoms with E-state index in [2.05, 4.69) is 22.3 Å². The fourth-order valence-corrected chi connectivity index (χ4v) is 2.10. The first-order valence-corrected chi connectivity index (χ1v) is 6.47. The molecule has 0 atom stereocenters. The minimum atomic E-state index is -0.950. The number of carbonyl (C=O) groups is 1. The lowest BCUT2D eigenvalue weighted by Crippen LogP contribution is -2.06. The predicted octanol–water partition coefficient (Wildman–Crippen LogP) is 2.00. The Kier molecular flexibility index (Phi) is 4.02. The molecule has 0 saturated heterocycles. The molecule has 2 aromatic heterocycles. The molecule has 2 rings (SSSR count). The molecule has 2 heterocycles. The van der Waals surface area contributed by atoms with E-state index in [0.717, 1.165) is 17.7 Å². The lowest BCUT2D eigenvalue weighted by atomic mass is 10.2. The number of nitrogens with one attached hydrogen (secondary N) is 1. The first-order valence-electron chi connectivity index (χ1n) is 6.47. The molecule has 0 unspecified atom stereocenters. The molecule has 0 saturated carbocycles. The highest BCUT2D eigenvalue weighted by molar-refractivity contribution is 5.88. The van der Waals surface area contributed by atoms with Crippen LogP contribution in [0.15, 0.2) is 18.3 Å². The smallest absolute Gasteiger partial charge is 0.335 e. The van der Waals surface area contributed by atoms with Crippen LogP contribution in [0.1, 0.15) is 34.2 Å². The molecule has 0 radical (unpaired) electrons. The largest absolute Gasteiger partial charge is 0.478 e. The van der Waals surface area contributed by atoms with Crippen molar-refractivity contribution in [3.8, 4) is 0 Å². The number of rotatable bonds is 5. The van der Waals surface area contributed by atoms with E-state index >= 15 is 0 Å². The number of nitrogens with zero attached hydrogens (tertiary/aromatic N) is 3. The summed E-state index contributed by atoms with van der Waals surface area (Å²) < 4.78 is 1.78. The van der Waals surface area contributed by atoms with Crippen LogP contribution in [0.4, 0.5) is 5.82 Å². The Labute approximate surface area is 117 Å². The highest BCUT2D eigenvalue weighted by Gasteiger charge is 2.09. The van der Waals surface area contributed by atoms with E-state index in [0.29, 0.717) is 18.1 Å². The summed E-state index contributed by atoms with van der Waals surface area (Å²) in [5.41, 5.74) is 3.04. The van der Waals surface area contributed by atoms with E-state index in [4.69, 9.17) is 5.11 Å². The fraction of sp³-hybridized carbons (Fsp3) is 0.357. The maximum absolute atomic E-state index is 11.0. The SMILES string of the molecule is CCc1nn(C)cc1CNc1cc(C(=O)O)cc(C)n1. The van der Waals surface area contributed by atoms with Crippen LogP contribution >= 0.6 is 0 Å². The van der Waals surface area contributed by atoms with Gasteiger partial charge in [0.15, 0.2) is 0 Å². The van der Waals surface area contributed by atoms with Gasteiger partial charge in [0.1, 0.15) is 5.82 Å². The van der Waals surface area contributed by atoms with Gasteiger partial charge in [-0.2, -0.15) is 5.10 Å². The Morgan fingerprint density at radius 1 is 1.45 bits per heavy atom. The number of hydrogen-bond acceptors (Lipinski definition) is 4. The molecule has 6 heteroatoms. The molecule has 0 aliphatic heterocycles. The van der Waals surface area contributed by atoms with Crippen molar-refractivity contribution in [2.24, 2.45) is 7.05 Å². The molecule has 0 bridgehead atoms. The van der Waals surface area contributed by atoms with Gasteiger partial charge in [-0.3, -0.25) is 4.68 Å². The monoisotopic (exact) mass is 274 g/mol. The molecule has 6 nitrogen and oxygen atoms in total. The van der Waals surface area contributed by atoms with Gasteiger partial charge < -0.3 is 10.4 Å². The van der Waals surface area contributed by atoms with Crippen molar-refractivity contribution in [2.75, 3.05) is 5.32 Å². The van der Waals surface area contributed by atoms with E-state index < -0.39 is 5.97 Å². The molecule has 20 heavy (non-hydrogen) atoms. The number of aromatic carboxylic acids is 1. The summed E-state index contributed by atoms with van der Waals surface area (Å²) in [4.78, 5) is 15.3. The van der Waals surface area contributed by atoms with Gasteiger partial charge in [-0.25, -0.2) is 9.78 Å². The second-order valence-electron chi connectivity index (χ2n) is 4.67. The number of carboxylic acids is 1. The Bertz CT molecular complexity index is 634. The van der Waals surface area contributed by atoms with Crippen molar-refractivity contribution in [2.45, 2.75) is 26.8 Å². The molecule has 2 aromatic rings. The number of hydrogen-bond donors (Lipinski definition) is 2. The van der Waals surface area contributed by atoms with Crippen LogP contribution < -0.4 is 5.32 Å². The maximum Gasteiger partial charge on any atom is 0.335 e. The molecule has 106 valence electrons. The molecular formula is C14H18N4O2. The van der Waals surface area contributed by atoms with Gasteiger partial charge in [0, 0.05) is 31.0 Å². The predicted molar refractivity (Wildman–Crippen MR) is 75.8 cm³/mol. The Balaban J connectivity index is 2.16. The number of aryl methyl sites for hydroxylation is 3. The molecule has 0 aliphatic rings. The van der Waals surface area contributed by atoms with Crippen LogP contribution in [0.2, 0.25) is 0 Å². The third-order valence-corrected chi connectivity index (χ3v) is 2.99. The van der Waals surface area contributed by atoms with Crippen molar-refractivity contribution in [3.63, 3.8) is 0 Å². The summed E-state index contributed by atoms with van der Waals surface area (Å²) in [6, 6.07) is 3.09. The second kappa shape index (κ2) is 5.73. The van der Waals surface area contributed by atoms with Gasteiger partial charge in [-0.1, -0.05) is 6.92 Å². The highest BCUT2D eigenvalue weighted by Crippen LogP contribution is 2.13. The van der Waals surface area contributed by atoms with E-state index in [-0.39, 0.29) is 5.56 Å². The average molecular weight is 274 g/mol. The van der Waals surface area contributed by atoms with Crippen LogP contribution in [0.3, 0.4) is 0 Å². The average Bonchev–Trinajstić information content (AvgIpc) is 2.76.